The van der Waals surface area contributed by atoms with E-state index in [1.54, 1.807) is 6.92 Å². The second kappa shape index (κ2) is 13.5. The molecule has 6 nitrogen and oxygen atoms in total. The van der Waals surface area contributed by atoms with Crippen molar-refractivity contribution in [3.05, 3.63) is 12.2 Å². The minimum atomic E-state index is -0.988. The first-order valence-electron chi connectivity index (χ1n) is 7.20. The Balaban J connectivity index is 3.28. The third kappa shape index (κ3) is 12.5. The molecular formula is C14H30N2O4. The van der Waals surface area contributed by atoms with E-state index in [0.29, 0.717) is 5.57 Å². The summed E-state index contributed by atoms with van der Waals surface area (Å²) >= 11 is 0. The van der Waals surface area contributed by atoms with Crippen molar-refractivity contribution in [1.82, 2.24) is 10.6 Å². The molecule has 0 heterocycles. The zero-order valence-corrected chi connectivity index (χ0v) is 12.7. The molecule has 0 saturated carbocycles. The molecule has 0 amide bonds. The molecular weight excluding hydrogens is 260 g/mol. The van der Waals surface area contributed by atoms with E-state index in [1.165, 1.54) is 12.8 Å². The van der Waals surface area contributed by atoms with E-state index in [2.05, 4.69) is 17.2 Å². The van der Waals surface area contributed by atoms with Crippen LogP contribution in [0.2, 0.25) is 0 Å². The van der Waals surface area contributed by atoms with Crippen molar-refractivity contribution >= 4 is 0 Å². The van der Waals surface area contributed by atoms with Crippen molar-refractivity contribution in [2.45, 2.75) is 45.3 Å². The predicted octanol–water partition coefficient (Wildman–Crippen LogP) is 0.559. The highest BCUT2D eigenvalue weighted by Gasteiger charge is 2.05. The van der Waals surface area contributed by atoms with Gasteiger partial charge >= 0.3 is 0 Å². The molecule has 0 aliphatic carbocycles. The van der Waals surface area contributed by atoms with Crippen molar-refractivity contribution in [2.24, 2.45) is 0 Å². The van der Waals surface area contributed by atoms with Gasteiger partial charge in [-0.1, -0.05) is 19.4 Å². The van der Waals surface area contributed by atoms with Gasteiger partial charge in [0.2, 0.25) is 6.41 Å². The van der Waals surface area contributed by atoms with Crippen LogP contribution in [0.15, 0.2) is 12.2 Å². The van der Waals surface area contributed by atoms with Crippen LogP contribution in [0, 0.1) is 0 Å². The minimum absolute atomic E-state index is 0.205. The summed E-state index contributed by atoms with van der Waals surface area (Å²) in [6.07, 6.45) is 2.55. The predicted molar refractivity (Wildman–Crippen MR) is 79.1 cm³/mol. The summed E-state index contributed by atoms with van der Waals surface area (Å²) in [7, 11) is 1.95. The second-order valence-corrected chi connectivity index (χ2v) is 4.76. The maximum atomic E-state index is 9.49. The Kier molecular flexibility index (Phi) is 13.1. The fourth-order valence-electron chi connectivity index (χ4n) is 1.53. The lowest BCUT2D eigenvalue weighted by Gasteiger charge is -2.15. The first-order chi connectivity index (χ1) is 9.57. The standard InChI is InChI=1S/C14H30N2O4/c1-12(2)13(17)19-10-11-20-14(18)16-9-7-5-4-6-8-15-3/h13-18H,1,4-11H2,2-3H3. The van der Waals surface area contributed by atoms with Gasteiger partial charge in [0.05, 0.1) is 13.2 Å². The van der Waals surface area contributed by atoms with Gasteiger partial charge < -0.3 is 25.0 Å². The molecule has 0 saturated heterocycles. The van der Waals surface area contributed by atoms with Gasteiger partial charge in [0.1, 0.15) is 0 Å². The summed E-state index contributed by atoms with van der Waals surface area (Å²) in [5.74, 6) is 0. The Morgan fingerprint density at radius 2 is 1.65 bits per heavy atom. The lowest BCUT2D eigenvalue weighted by atomic mass is 10.2. The van der Waals surface area contributed by atoms with Gasteiger partial charge in [-0.2, -0.15) is 0 Å². The van der Waals surface area contributed by atoms with Crippen molar-refractivity contribution in [3.8, 4) is 0 Å². The smallest absolute Gasteiger partial charge is 0.213 e. The van der Waals surface area contributed by atoms with Gasteiger partial charge in [-0.05, 0) is 45.5 Å². The average molecular weight is 290 g/mol. The lowest BCUT2D eigenvalue weighted by molar-refractivity contribution is -0.149. The summed E-state index contributed by atoms with van der Waals surface area (Å²) in [6, 6.07) is 0. The zero-order chi connectivity index (χ0) is 15.2. The Bertz CT molecular complexity index is 239. The van der Waals surface area contributed by atoms with E-state index < -0.39 is 12.7 Å². The second-order valence-electron chi connectivity index (χ2n) is 4.76. The van der Waals surface area contributed by atoms with Gasteiger partial charge in [0.25, 0.3) is 0 Å². The highest BCUT2D eigenvalue weighted by molar-refractivity contribution is 4.91. The van der Waals surface area contributed by atoms with Crippen molar-refractivity contribution in [2.75, 3.05) is 33.4 Å². The molecule has 0 rings (SSSR count). The maximum Gasteiger partial charge on any atom is 0.213 e. The average Bonchev–Trinajstić information content (AvgIpc) is 2.42. The maximum absolute atomic E-state index is 9.49. The number of nitrogens with one attached hydrogen (secondary N) is 2. The van der Waals surface area contributed by atoms with Crippen LogP contribution < -0.4 is 10.6 Å². The van der Waals surface area contributed by atoms with Crippen LogP contribution in [0.3, 0.4) is 0 Å². The molecule has 20 heavy (non-hydrogen) atoms. The fraction of sp³-hybridized carbons (Fsp3) is 0.857. The molecule has 0 radical (unpaired) electrons. The van der Waals surface area contributed by atoms with E-state index in [9.17, 15) is 10.2 Å². The van der Waals surface area contributed by atoms with Gasteiger partial charge in [0.15, 0.2) is 6.29 Å². The van der Waals surface area contributed by atoms with E-state index in [4.69, 9.17) is 9.47 Å². The summed E-state index contributed by atoms with van der Waals surface area (Å²) < 4.78 is 10.1. The monoisotopic (exact) mass is 290 g/mol. The molecule has 0 bridgehead atoms. The number of rotatable bonds is 14. The normalized spacial score (nSPS) is 14.2. The molecule has 0 aromatic heterocycles. The summed E-state index contributed by atoms with van der Waals surface area (Å²) in [5.41, 5.74) is 0.543. The number of ether oxygens (including phenoxy) is 2. The quantitative estimate of drug-likeness (QED) is 0.213. The lowest BCUT2D eigenvalue weighted by Crippen LogP contribution is -2.33. The van der Waals surface area contributed by atoms with Crippen molar-refractivity contribution in [1.29, 1.82) is 0 Å². The number of hydrogen-bond donors (Lipinski definition) is 4. The first-order valence-corrected chi connectivity index (χ1v) is 7.20. The molecule has 0 aromatic rings. The highest BCUT2D eigenvalue weighted by atomic mass is 16.6. The van der Waals surface area contributed by atoms with Crippen molar-refractivity contribution < 1.29 is 19.7 Å². The van der Waals surface area contributed by atoms with Crippen molar-refractivity contribution in [3.63, 3.8) is 0 Å². The van der Waals surface area contributed by atoms with Gasteiger partial charge in [-0.15, -0.1) is 0 Å². The fourth-order valence-corrected chi connectivity index (χ4v) is 1.53. The van der Waals surface area contributed by atoms with Crippen LogP contribution >= 0.6 is 0 Å². The Labute approximate surface area is 122 Å². The van der Waals surface area contributed by atoms with Crippen LogP contribution in [0.1, 0.15) is 32.6 Å². The molecule has 0 spiro atoms. The first kappa shape index (κ1) is 19.5. The minimum Gasteiger partial charge on any atom is -0.364 e. The molecule has 2 atom stereocenters. The Morgan fingerprint density at radius 1 is 1.05 bits per heavy atom. The molecule has 6 heteroatoms. The zero-order valence-electron chi connectivity index (χ0n) is 12.7. The van der Waals surface area contributed by atoms with Crippen LogP contribution in [-0.4, -0.2) is 56.3 Å². The molecule has 120 valence electrons. The Morgan fingerprint density at radius 3 is 2.25 bits per heavy atom. The Hall–Kier alpha value is -0.500. The summed E-state index contributed by atoms with van der Waals surface area (Å²) in [5, 5.41) is 24.8. The number of aliphatic hydroxyl groups excluding tert-OH is 2. The van der Waals surface area contributed by atoms with Gasteiger partial charge in [-0.3, -0.25) is 5.32 Å². The van der Waals surface area contributed by atoms with E-state index in [0.717, 1.165) is 25.9 Å². The number of aliphatic hydroxyl groups is 2. The molecule has 2 unspecified atom stereocenters. The van der Waals surface area contributed by atoms with Gasteiger partial charge in [-0.25, -0.2) is 0 Å². The molecule has 4 N–H and O–H groups in total. The van der Waals surface area contributed by atoms with E-state index in [-0.39, 0.29) is 13.2 Å². The SMILES string of the molecule is C=C(C)C(O)OCCOC(O)NCCCCCCNC. The van der Waals surface area contributed by atoms with Crippen LogP contribution in [0.4, 0.5) is 0 Å². The largest absolute Gasteiger partial charge is 0.364 e. The molecule has 0 fully saturated rings. The molecule has 0 aliphatic heterocycles. The summed E-state index contributed by atoms with van der Waals surface area (Å²) in [4.78, 5) is 0. The van der Waals surface area contributed by atoms with Crippen LogP contribution in [0.5, 0.6) is 0 Å². The number of unbranched alkanes of at least 4 members (excludes halogenated alkanes) is 3. The third-order valence-electron chi connectivity index (χ3n) is 2.73. The molecule has 0 aromatic carbocycles. The highest BCUT2D eigenvalue weighted by Crippen LogP contribution is 1.99. The van der Waals surface area contributed by atoms with E-state index in [1.807, 2.05) is 7.05 Å². The third-order valence-corrected chi connectivity index (χ3v) is 2.73. The van der Waals surface area contributed by atoms with E-state index >= 15 is 0 Å². The number of hydrogen-bond acceptors (Lipinski definition) is 6. The topological polar surface area (TPSA) is 83.0 Å². The van der Waals surface area contributed by atoms with Gasteiger partial charge in [0, 0.05) is 0 Å². The summed E-state index contributed by atoms with van der Waals surface area (Å²) in [6.45, 7) is 7.43. The van der Waals surface area contributed by atoms with Crippen LogP contribution in [-0.2, 0) is 9.47 Å². The van der Waals surface area contributed by atoms with Crippen LogP contribution in [0.25, 0.3) is 0 Å². The molecule has 0 aliphatic rings.